The first-order chi connectivity index (χ1) is 15.7. The lowest BCUT2D eigenvalue weighted by Gasteiger charge is -2.50. The van der Waals surface area contributed by atoms with E-state index in [0.717, 1.165) is 59.5 Å². The van der Waals surface area contributed by atoms with Crippen molar-refractivity contribution < 1.29 is 14.6 Å². The molecule has 3 aromatic rings. The summed E-state index contributed by atoms with van der Waals surface area (Å²) in [6, 6.07) is 15.8. The second-order valence-electron chi connectivity index (χ2n) is 8.68. The van der Waals surface area contributed by atoms with Crippen LogP contribution in [0.3, 0.4) is 0 Å². The molecule has 3 aliphatic heterocycles. The van der Waals surface area contributed by atoms with Crippen molar-refractivity contribution in [3.63, 3.8) is 0 Å². The van der Waals surface area contributed by atoms with Crippen LogP contribution < -0.4 is 9.47 Å². The predicted octanol–water partition coefficient (Wildman–Crippen LogP) is 4.05. The number of aliphatic hydroxyl groups excluding tert-OH is 1. The van der Waals surface area contributed by atoms with Gasteiger partial charge in [-0.25, -0.2) is 0 Å². The molecule has 4 heterocycles. The highest BCUT2D eigenvalue weighted by atomic mass is 16.5. The fourth-order valence-corrected chi connectivity index (χ4v) is 5.15. The Labute approximate surface area is 189 Å². The maximum absolute atomic E-state index is 11.4. The van der Waals surface area contributed by atoms with Gasteiger partial charge in [-0.3, -0.25) is 9.88 Å². The summed E-state index contributed by atoms with van der Waals surface area (Å²) in [7, 11) is 3.33. The van der Waals surface area contributed by atoms with Gasteiger partial charge in [0.1, 0.15) is 11.5 Å². The van der Waals surface area contributed by atoms with E-state index in [1.807, 2.05) is 48.5 Å². The molecule has 3 saturated heterocycles. The average Bonchev–Trinajstić information content (AvgIpc) is 2.87. The smallest absolute Gasteiger partial charge is 0.119 e. The number of benzene rings is 2. The molecular formula is C27H28N2O3. The Morgan fingerprint density at radius 1 is 1.06 bits per heavy atom. The number of rotatable bonds is 4. The zero-order chi connectivity index (χ0) is 22.1. The zero-order valence-electron chi connectivity index (χ0n) is 18.5. The number of hydrogen-bond acceptors (Lipinski definition) is 5. The summed E-state index contributed by atoms with van der Waals surface area (Å²) in [4.78, 5) is 6.88. The Hall–Kier alpha value is -3.07. The summed E-state index contributed by atoms with van der Waals surface area (Å²) in [5.74, 6) is 9.32. The van der Waals surface area contributed by atoms with E-state index in [1.165, 1.54) is 0 Å². The van der Waals surface area contributed by atoms with Crippen LogP contribution in [0.2, 0.25) is 0 Å². The van der Waals surface area contributed by atoms with E-state index in [1.54, 1.807) is 20.4 Å². The highest BCUT2D eigenvalue weighted by molar-refractivity contribution is 5.84. The Morgan fingerprint density at radius 3 is 2.56 bits per heavy atom. The molecule has 1 unspecified atom stereocenters. The first-order valence-corrected chi connectivity index (χ1v) is 11.2. The van der Waals surface area contributed by atoms with Gasteiger partial charge in [0.15, 0.2) is 0 Å². The lowest BCUT2D eigenvalue weighted by atomic mass is 9.73. The molecule has 32 heavy (non-hydrogen) atoms. The van der Waals surface area contributed by atoms with Crippen LogP contribution >= 0.6 is 0 Å². The third-order valence-electron chi connectivity index (χ3n) is 6.96. The Bertz CT molecular complexity index is 1160. The van der Waals surface area contributed by atoms with Crippen LogP contribution in [0.1, 0.15) is 30.1 Å². The van der Waals surface area contributed by atoms with Crippen molar-refractivity contribution in [2.45, 2.75) is 25.0 Å². The Morgan fingerprint density at radius 2 is 1.84 bits per heavy atom. The second kappa shape index (κ2) is 8.82. The normalized spacial score (nSPS) is 25.1. The lowest BCUT2D eigenvalue weighted by Crippen LogP contribution is -2.55. The molecule has 1 aromatic heterocycles. The van der Waals surface area contributed by atoms with Gasteiger partial charge in [0.2, 0.25) is 0 Å². The number of nitrogens with zero attached hydrogens (tertiary/aromatic N) is 2. The van der Waals surface area contributed by atoms with Gasteiger partial charge in [-0.15, -0.1) is 0 Å². The van der Waals surface area contributed by atoms with E-state index in [9.17, 15) is 5.11 Å². The van der Waals surface area contributed by atoms with Crippen molar-refractivity contribution in [2.75, 3.05) is 27.3 Å². The monoisotopic (exact) mass is 428 g/mol. The molecule has 3 aliphatic rings. The summed E-state index contributed by atoms with van der Waals surface area (Å²) in [5, 5.41) is 12.4. The molecule has 3 fully saturated rings. The molecule has 0 amide bonds. The largest absolute Gasteiger partial charge is 0.497 e. The van der Waals surface area contributed by atoms with Crippen LogP contribution in [0.15, 0.2) is 54.7 Å². The maximum atomic E-state index is 11.4. The van der Waals surface area contributed by atoms with Crippen molar-refractivity contribution in [1.82, 2.24) is 9.88 Å². The third-order valence-corrected chi connectivity index (χ3v) is 6.96. The molecule has 0 radical (unpaired) electrons. The van der Waals surface area contributed by atoms with E-state index < -0.39 is 6.10 Å². The molecule has 2 bridgehead atoms. The zero-order valence-corrected chi connectivity index (χ0v) is 18.5. The average molecular weight is 429 g/mol. The van der Waals surface area contributed by atoms with E-state index in [0.29, 0.717) is 11.8 Å². The van der Waals surface area contributed by atoms with Crippen LogP contribution in [0.4, 0.5) is 0 Å². The minimum absolute atomic E-state index is 0.101. The van der Waals surface area contributed by atoms with Gasteiger partial charge in [0.05, 0.1) is 25.8 Å². The topological polar surface area (TPSA) is 54.8 Å². The summed E-state index contributed by atoms with van der Waals surface area (Å²) in [6.45, 7) is 1.92. The fraction of sp³-hybridized carbons (Fsp3) is 0.370. The SMILES string of the molecule is COc1ccc(C#C[C@H]2CN3CC[C@H]2C[C@@H]3[C@@H](O)c2ccnc3ccc(OC)cc23)cc1. The van der Waals surface area contributed by atoms with Crippen molar-refractivity contribution >= 4 is 10.9 Å². The predicted molar refractivity (Wildman–Crippen MR) is 125 cm³/mol. The van der Waals surface area contributed by atoms with Gasteiger partial charge in [-0.05, 0) is 79.4 Å². The molecule has 5 nitrogen and oxygen atoms in total. The molecule has 6 rings (SSSR count). The lowest BCUT2D eigenvalue weighted by molar-refractivity contribution is -0.0425. The third kappa shape index (κ3) is 3.92. The van der Waals surface area contributed by atoms with Crippen LogP contribution in [0, 0.1) is 23.7 Å². The number of piperidine rings is 3. The summed E-state index contributed by atoms with van der Waals surface area (Å²) in [6.07, 6.45) is 3.31. The van der Waals surface area contributed by atoms with Crippen LogP contribution in [0.5, 0.6) is 11.5 Å². The number of fused-ring (bicyclic) bond motifs is 4. The van der Waals surface area contributed by atoms with Gasteiger partial charge in [0, 0.05) is 35.7 Å². The Kier molecular flexibility index (Phi) is 5.73. The van der Waals surface area contributed by atoms with Gasteiger partial charge >= 0.3 is 0 Å². The van der Waals surface area contributed by atoms with Crippen molar-refractivity contribution in [3.05, 3.63) is 65.9 Å². The van der Waals surface area contributed by atoms with Crippen LogP contribution in [-0.4, -0.2) is 48.3 Å². The minimum atomic E-state index is -0.564. The summed E-state index contributed by atoms with van der Waals surface area (Å²) in [5.41, 5.74) is 2.81. The van der Waals surface area contributed by atoms with Crippen LogP contribution in [-0.2, 0) is 0 Å². The van der Waals surface area contributed by atoms with E-state index in [4.69, 9.17) is 9.47 Å². The standard InChI is InChI=1S/C27H28N2O3/c1-31-21-7-4-18(5-8-21)3-6-20-17-29-14-12-19(20)15-26(29)27(30)23-11-13-28-25-10-9-22(32-2)16-24(23)25/h4-5,7-11,13,16,19-20,26-27,30H,12,14-15,17H2,1-2H3/t19-,20-,26+,27-/m0/s1. The minimum Gasteiger partial charge on any atom is -0.497 e. The number of methoxy groups -OCH3 is 2. The molecule has 2 aromatic carbocycles. The van der Waals surface area contributed by atoms with E-state index in [2.05, 4.69) is 21.7 Å². The van der Waals surface area contributed by atoms with E-state index >= 15 is 0 Å². The molecule has 164 valence electrons. The van der Waals surface area contributed by atoms with E-state index in [-0.39, 0.29) is 6.04 Å². The molecule has 0 saturated carbocycles. The summed E-state index contributed by atoms with van der Waals surface area (Å²) >= 11 is 0. The highest BCUT2D eigenvalue weighted by Crippen LogP contribution is 2.41. The molecule has 0 spiro atoms. The molecule has 5 heteroatoms. The molecular weight excluding hydrogens is 400 g/mol. The van der Waals surface area contributed by atoms with Gasteiger partial charge in [0.25, 0.3) is 0 Å². The highest BCUT2D eigenvalue weighted by Gasteiger charge is 2.42. The molecule has 0 aliphatic carbocycles. The van der Waals surface area contributed by atoms with Crippen molar-refractivity contribution in [3.8, 4) is 23.3 Å². The number of aliphatic hydroxyl groups is 1. The van der Waals surface area contributed by atoms with Gasteiger partial charge < -0.3 is 14.6 Å². The van der Waals surface area contributed by atoms with Gasteiger partial charge in [-0.1, -0.05) is 11.8 Å². The quantitative estimate of drug-likeness (QED) is 0.636. The maximum Gasteiger partial charge on any atom is 0.119 e. The van der Waals surface area contributed by atoms with Gasteiger partial charge in [-0.2, -0.15) is 0 Å². The van der Waals surface area contributed by atoms with Crippen LogP contribution in [0.25, 0.3) is 10.9 Å². The number of aromatic nitrogens is 1. The second-order valence-corrected chi connectivity index (χ2v) is 8.68. The number of pyridine rings is 1. The summed E-state index contributed by atoms with van der Waals surface area (Å²) < 4.78 is 10.6. The first-order valence-electron chi connectivity index (χ1n) is 11.2. The first kappa shape index (κ1) is 20.8. The van der Waals surface area contributed by atoms with Crippen molar-refractivity contribution in [1.29, 1.82) is 0 Å². The molecule has 1 N–H and O–H groups in total. The molecule has 5 atom stereocenters. The van der Waals surface area contributed by atoms with Crippen molar-refractivity contribution in [2.24, 2.45) is 11.8 Å². The number of ether oxygens (including phenoxy) is 2. The fourth-order valence-electron chi connectivity index (χ4n) is 5.15. The number of hydrogen-bond donors (Lipinski definition) is 1. The Balaban J connectivity index is 1.35.